The Morgan fingerprint density at radius 1 is 1.08 bits per heavy atom. The summed E-state index contributed by atoms with van der Waals surface area (Å²) < 4.78 is 0. The molecule has 3 rings (SSSR count). The molecule has 0 aliphatic heterocycles. The molecule has 2 N–H and O–H groups in total. The topological polar surface area (TPSA) is 58.2 Å². The average molecular weight is 357 g/mol. The predicted octanol–water partition coefficient (Wildman–Crippen LogP) is 4.57. The zero-order valence-corrected chi connectivity index (χ0v) is 15.1. The summed E-state index contributed by atoms with van der Waals surface area (Å²) in [6.07, 6.45) is 1.93. The van der Waals surface area contributed by atoms with E-state index in [1.54, 1.807) is 24.3 Å². The van der Waals surface area contributed by atoms with Crippen molar-refractivity contribution in [1.29, 1.82) is 0 Å². The van der Waals surface area contributed by atoms with Crippen LogP contribution in [0.1, 0.15) is 30.9 Å². The smallest absolute Gasteiger partial charge is 0.240 e. The highest BCUT2D eigenvalue weighted by molar-refractivity contribution is 6.31. The molecule has 0 spiro atoms. The number of benzene rings is 2. The molecular formula is C20H21ClN2O2. The van der Waals surface area contributed by atoms with E-state index in [-0.39, 0.29) is 11.8 Å². The fourth-order valence-electron chi connectivity index (χ4n) is 2.93. The lowest BCUT2D eigenvalue weighted by molar-refractivity contribution is -0.131. The van der Waals surface area contributed by atoms with Gasteiger partial charge in [-0.1, -0.05) is 42.8 Å². The molecule has 130 valence electrons. The Bertz CT molecular complexity index is 828. The van der Waals surface area contributed by atoms with Gasteiger partial charge in [-0.25, -0.2) is 0 Å². The molecule has 1 aliphatic carbocycles. The van der Waals surface area contributed by atoms with Crippen LogP contribution in [-0.4, -0.2) is 11.8 Å². The van der Waals surface area contributed by atoms with Gasteiger partial charge in [0.25, 0.3) is 0 Å². The van der Waals surface area contributed by atoms with Crippen LogP contribution in [0.2, 0.25) is 5.02 Å². The average Bonchev–Trinajstić information content (AvgIpc) is 3.38. The zero-order valence-electron chi connectivity index (χ0n) is 14.4. The Kier molecular flexibility index (Phi) is 4.82. The van der Waals surface area contributed by atoms with Crippen LogP contribution in [0, 0.1) is 12.3 Å². The molecule has 0 aromatic heterocycles. The molecule has 4 nitrogen and oxygen atoms in total. The molecule has 25 heavy (non-hydrogen) atoms. The third kappa shape index (κ3) is 3.54. The summed E-state index contributed by atoms with van der Waals surface area (Å²) in [6.45, 7) is 4.00. The van der Waals surface area contributed by atoms with Crippen LogP contribution in [0.15, 0.2) is 42.5 Å². The van der Waals surface area contributed by atoms with Gasteiger partial charge in [-0.3, -0.25) is 9.59 Å². The number of hydrogen-bond donors (Lipinski definition) is 2. The van der Waals surface area contributed by atoms with Crippen molar-refractivity contribution in [3.8, 4) is 0 Å². The second kappa shape index (κ2) is 6.89. The Labute approximate surface area is 152 Å². The molecule has 2 aromatic rings. The number of carbonyl (C=O) groups is 2. The Hall–Kier alpha value is -2.33. The number of aryl methyl sites for hydroxylation is 2. The predicted molar refractivity (Wildman–Crippen MR) is 101 cm³/mol. The Morgan fingerprint density at radius 2 is 1.76 bits per heavy atom. The second-order valence-corrected chi connectivity index (χ2v) is 6.90. The van der Waals surface area contributed by atoms with Crippen molar-refractivity contribution in [1.82, 2.24) is 0 Å². The number of amides is 2. The summed E-state index contributed by atoms with van der Waals surface area (Å²) in [7, 11) is 0. The van der Waals surface area contributed by atoms with E-state index in [0.29, 0.717) is 23.6 Å². The maximum atomic E-state index is 12.8. The summed E-state index contributed by atoms with van der Waals surface area (Å²) in [6, 6.07) is 12.9. The van der Waals surface area contributed by atoms with Gasteiger partial charge in [0.15, 0.2) is 0 Å². The summed E-state index contributed by atoms with van der Waals surface area (Å²) in [5.74, 6) is -0.519. The second-order valence-electron chi connectivity index (χ2n) is 6.46. The number of rotatable bonds is 5. The van der Waals surface area contributed by atoms with E-state index in [0.717, 1.165) is 23.2 Å². The molecule has 2 aromatic carbocycles. The lowest BCUT2D eigenvalue weighted by Crippen LogP contribution is -2.36. The van der Waals surface area contributed by atoms with Gasteiger partial charge in [0, 0.05) is 16.4 Å². The summed E-state index contributed by atoms with van der Waals surface area (Å²) in [5, 5.41) is 6.34. The standard InChI is InChI=1S/C20H21ClN2O2/c1-3-14-7-4-6-13(2)17(14)23-19(25)20(10-11-20)18(24)22-16-9-5-8-15(21)12-16/h4-9,12H,3,10-11H2,1-2H3,(H,22,24)(H,23,25). The molecular weight excluding hydrogens is 336 g/mol. The van der Waals surface area contributed by atoms with Crippen LogP contribution in [0.25, 0.3) is 0 Å². The molecule has 0 radical (unpaired) electrons. The lowest BCUT2D eigenvalue weighted by Gasteiger charge is -2.18. The van der Waals surface area contributed by atoms with Crippen molar-refractivity contribution in [2.75, 3.05) is 10.6 Å². The molecule has 0 atom stereocenters. The fourth-order valence-corrected chi connectivity index (χ4v) is 3.12. The third-order valence-electron chi connectivity index (χ3n) is 4.68. The van der Waals surface area contributed by atoms with Crippen molar-refractivity contribution >= 4 is 34.8 Å². The summed E-state index contributed by atoms with van der Waals surface area (Å²) in [4.78, 5) is 25.5. The molecule has 0 unspecified atom stereocenters. The number of anilines is 2. The molecule has 0 heterocycles. The fraction of sp³-hybridized carbons (Fsp3) is 0.300. The quantitative estimate of drug-likeness (QED) is 0.771. The number of nitrogens with one attached hydrogen (secondary N) is 2. The van der Waals surface area contributed by atoms with E-state index in [4.69, 9.17) is 11.6 Å². The first-order chi connectivity index (χ1) is 12.0. The number of halogens is 1. The van der Waals surface area contributed by atoms with Crippen molar-refractivity contribution < 1.29 is 9.59 Å². The van der Waals surface area contributed by atoms with E-state index in [2.05, 4.69) is 10.6 Å². The van der Waals surface area contributed by atoms with Crippen LogP contribution in [0.4, 0.5) is 11.4 Å². The Morgan fingerprint density at radius 3 is 2.40 bits per heavy atom. The van der Waals surface area contributed by atoms with Crippen LogP contribution in [0.5, 0.6) is 0 Å². The minimum Gasteiger partial charge on any atom is -0.325 e. The van der Waals surface area contributed by atoms with E-state index in [9.17, 15) is 9.59 Å². The van der Waals surface area contributed by atoms with Crippen LogP contribution >= 0.6 is 11.6 Å². The molecule has 1 aliphatic rings. The van der Waals surface area contributed by atoms with Gasteiger partial charge in [-0.15, -0.1) is 0 Å². The van der Waals surface area contributed by atoms with Gasteiger partial charge in [-0.05, 0) is 55.5 Å². The monoisotopic (exact) mass is 356 g/mol. The maximum Gasteiger partial charge on any atom is 0.240 e. The van der Waals surface area contributed by atoms with E-state index in [1.165, 1.54) is 0 Å². The van der Waals surface area contributed by atoms with Gasteiger partial charge in [0.05, 0.1) is 0 Å². The molecule has 0 saturated heterocycles. The maximum absolute atomic E-state index is 12.8. The zero-order chi connectivity index (χ0) is 18.0. The Balaban J connectivity index is 1.77. The molecule has 0 bridgehead atoms. The highest BCUT2D eigenvalue weighted by atomic mass is 35.5. The molecule has 2 amide bonds. The van der Waals surface area contributed by atoms with Crippen LogP contribution < -0.4 is 10.6 Å². The van der Waals surface area contributed by atoms with E-state index < -0.39 is 5.41 Å². The van der Waals surface area contributed by atoms with Crippen LogP contribution in [-0.2, 0) is 16.0 Å². The van der Waals surface area contributed by atoms with Gasteiger partial charge >= 0.3 is 0 Å². The lowest BCUT2D eigenvalue weighted by atomic mass is 10.0. The van der Waals surface area contributed by atoms with Crippen LogP contribution in [0.3, 0.4) is 0 Å². The third-order valence-corrected chi connectivity index (χ3v) is 4.92. The number of para-hydroxylation sites is 1. The van der Waals surface area contributed by atoms with Crippen molar-refractivity contribution in [2.24, 2.45) is 5.41 Å². The summed E-state index contributed by atoms with van der Waals surface area (Å²) in [5.41, 5.74) is 2.49. The van der Waals surface area contributed by atoms with Crippen molar-refractivity contribution in [3.63, 3.8) is 0 Å². The first kappa shape index (κ1) is 17.5. The van der Waals surface area contributed by atoms with Gasteiger partial charge < -0.3 is 10.6 Å². The van der Waals surface area contributed by atoms with E-state index in [1.807, 2.05) is 32.0 Å². The first-order valence-corrected chi connectivity index (χ1v) is 8.81. The minimum absolute atomic E-state index is 0.240. The highest BCUT2D eigenvalue weighted by Gasteiger charge is 2.56. The number of carbonyl (C=O) groups excluding carboxylic acids is 2. The minimum atomic E-state index is -0.990. The summed E-state index contributed by atoms with van der Waals surface area (Å²) >= 11 is 5.95. The molecule has 1 fully saturated rings. The molecule has 5 heteroatoms. The van der Waals surface area contributed by atoms with Crippen molar-refractivity contribution in [2.45, 2.75) is 33.1 Å². The first-order valence-electron chi connectivity index (χ1n) is 8.43. The van der Waals surface area contributed by atoms with Crippen molar-refractivity contribution in [3.05, 3.63) is 58.6 Å². The van der Waals surface area contributed by atoms with Gasteiger partial charge in [0.1, 0.15) is 5.41 Å². The molecule has 1 saturated carbocycles. The highest BCUT2D eigenvalue weighted by Crippen LogP contribution is 2.47. The van der Waals surface area contributed by atoms with E-state index >= 15 is 0 Å². The SMILES string of the molecule is CCc1cccc(C)c1NC(=O)C1(C(=O)Nc2cccc(Cl)c2)CC1. The normalized spacial score (nSPS) is 14.7. The van der Waals surface area contributed by atoms with Gasteiger partial charge in [0.2, 0.25) is 11.8 Å². The largest absolute Gasteiger partial charge is 0.325 e. The number of hydrogen-bond acceptors (Lipinski definition) is 2. The van der Waals surface area contributed by atoms with Gasteiger partial charge in [-0.2, -0.15) is 0 Å².